The molecule has 0 fully saturated rings. The minimum Gasteiger partial charge on any atom is -0.493 e. The van der Waals surface area contributed by atoms with Crippen molar-refractivity contribution >= 4 is 29.9 Å². The Kier molecular flexibility index (Phi) is 13.3. The molecule has 0 aliphatic heterocycles. The van der Waals surface area contributed by atoms with E-state index < -0.39 is 0 Å². The van der Waals surface area contributed by atoms with Gasteiger partial charge in [-0.05, 0) is 45.0 Å². The number of aliphatic imine (C=N–C) groups is 1. The number of hydrogen-bond acceptors (Lipinski definition) is 4. The van der Waals surface area contributed by atoms with Crippen LogP contribution in [0.1, 0.15) is 33.3 Å². The van der Waals surface area contributed by atoms with Crippen LogP contribution >= 0.6 is 24.0 Å². The number of hydrogen-bond donors (Lipinski definition) is 2. The summed E-state index contributed by atoms with van der Waals surface area (Å²) in [5.41, 5.74) is 1.08. The summed E-state index contributed by atoms with van der Waals surface area (Å²) in [5, 5.41) is 6.69. The molecule has 0 atom stereocenters. The van der Waals surface area contributed by atoms with E-state index in [4.69, 9.17) is 9.47 Å². The third-order valence-corrected chi connectivity index (χ3v) is 4.04. The van der Waals surface area contributed by atoms with Gasteiger partial charge in [0.2, 0.25) is 0 Å². The van der Waals surface area contributed by atoms with Crippen molar-refractivity contribution in [2.24, 2.45) is 4.99 Å². The molecule has 2 N–H and O–H groups in total. The second kappa shape index (κ2) is 13.9. The summed E-state index contributed by atoms with van der Waals surface area (Å²) in [5.74, 6) is 2.29. The summed E-state index contributed by atoms with van der Waals surface area (Å²) in [4.78, 5) is 7.08. The predicted octanol–water partition coefficient (Wildman–Crippen LogP) is 3.11. The monoisotopic (exact) mass is 478 g/mol. The zero-order valence-electron chi connectivity index (χ0n) is 17.0. The molecule has 0 saturated carbocycles. The standard InChI is InChI=1S/C19H34N4O2.HI/c1-7-20-19(21-11-12-23(8-2)15(3)4)22-14-16-9-10-17(24-5)18(13-16)25-6;/h9-10,13,15H,7-8,11-12,14H2,1-6H3,(H2,20,21,22);1H. The highest BCUT2D eigenvalue weighted by Crippen LogP contribution is 2.27. The normalized spacial score (nSPS) is 11.3. The first-order valence-electron chi connectivity index (χ1n) is 9.02. The number of guanidine groups is 1. The summed E-state index contributed by atoms with van der Waals surface area (Å²) in [7, 11) is 3.28. The lowest BCUT2D eigenvalue weighted by Crippen LogP contribution is -2.43. The Morgan fingerprint density at radius 3 is 2.35 bits per heavy atom. The van der Waals surface area contributed by atoms with E-state index in [9.17, 15) is 0 Å². The van der Waals surface area contributed by atoms with Crippen LogP contribution in [0.3, 0.4) is 0 Å². The highest BCUT2D eigenvalue weighted by molar-refractivity contribution is 14.0. The summed E-state index contributed by atoms with van der Waals surface area (Å²) in [6, 6.07) is 6.43. The molecule has 0 saturated heterocycles. The summed E-state index contributed by atoms with van der Waals surface area (Å²) < 4.78 is 10.6. The molecule has 1 aromatic carbocycles. The third-order valence-electron chi connectivity index (χ3n) is 4.04. The first-order valence-corrected chi connectivity index (χ1v) is 9.02. The van der Waals surface area contributed by atoms with Gasteiger partial charge in [0.25, 0.3) is 0 Å². The van der Waals surface area contributed by atoms with Gasteiger partial charge in [0.1, 0.15) is 0 Å². The third kappa shape index (κ3) is 8.44. The van der Waals surface area contributed by atoms with E-state index in [0.29, 0.717) is 12.6 Å². The van der Waals surface area contributed by atoms with E-state index in [1.54, 1.807) is 14.2 Å². The summed E-state index contributed by atoms with van der Waals surface area (Å²) in [6.45, 7) is 13.0. The van der Waals surface area contributed by atoms with Gasteiger partial charge in [-0.25, -0.2) is 4.99 Å². The predicted molar refractivity (Wildman–Crippen MR) is 120 cm³/mol. The molecular weight excluding hydrogens is 443 g/mol. The number of ether oxygens (including phenoxy) is 2. The van der Waals surface area contributed by atoms with Gasteiger partial charge in [0.05, 0.1) is 20.8 Å². The van der Waals surface area contributed by atoms with Crippen LogP contribution in [0.5, 0.6) is 11.5 Å². The van der Waals surface area contributed by atoms with Gasteiger partial charge in [-0.1, -0.05) is 13.0 Å². The largest absolute Gasteiger partial charge is 0.493 e. The van der Waals surface area contributed by atoms with Crippen molar-refractivity contribution in [1.82, 2.24) is 15.5 Å². The van der Waals surface area contributed by atoms with Crippen molar-refractivity contribution in [3.63, 3.8) is 0 Å². The lowest BCUT2D eigenvalue weighted by molar-refractivity contribution is 0.237. The Hall–Kier alpha value is -1.22. The van der Waals surface area contributed by atoms with Crippen molar-refractivity contribution in [2.75, 3.05) is 40.4 Å². The molecule has 0 aromatic heterocycles. The van der Waals surface area contributed by atoms with Crippen LogP contribution in [0.2, 0.25) is 0 Å². The van der Waals surface area contributed by atoms with Gasteiger partial charge in [-0.2, -0.15) is 0 Å². The molecule has 26 heavy (non-hydrogen) atoms. The maximum Gasteiger partial charge on any atom is 0.191 e. The van der Waals surface area contributed by atoms with Gasteiger partial charge < -0.3 is 20.1 Å². The first kappa shape index (κ1) is 24.8. The lowest BCUT2D eigenvalue weighted by Gasteiger charge is -2.25. The fraction of sp³-hybridized carbons (Fsp3) is 0.632. The van der Waals surface area contributed by atoms with Gasteiger partial charge in [0.15, 0.2) is 17.5 Å². The summed E-state index contributed by atoms with van der Waals surface area (Å²) >= 11 is 0. The van der Waals surface area contributed by atoms with Gasteiger partial charge >= 0.3 is 0 Å². The minimum absolute atomic E-state index is 0. The Balaban J connectivity index is 0.00000625. The van der Waals surface area contributed by atoms with Crippen LogP contribution in [-0.4, -0.2) is 57.3 Å². The number of nitrogens with one attached hydrogen (secondary N) is 2. The van der Waals surface area contributed by atoms with E-state index >= 15 is 0 Å². The van der Waals surface area contributed by atoms with Crippen molar-refractivity contribution in [1.29, 1.82) is 0 Å². The molecule has 0 bridgehead atoms. The van der Waals surface area contributed by atoms with Crippen LogP contribution in [0.4, 0.5) is 0 Å². The molecule has 1 aromatic rings. The van der Waals surface area contributed by atoms with Crippen molar-refractivity contribution < 1.29 is 9.47 Å². The minimum atomic E-state index is 0. The molecule has 0 unspecified atom stereocenters. The van der Waals surface area contributed by atoms with Crippen LogP contribution in [-0.2, 0) is 6.54 Å². The fourth-order valence-corrected chi connectivity index (χ4v) is 2.59. The molecule has 0 amide bonds. The number of likely N-dealkylation sites (N-methyl/N-ethyl adjacent to an activating group) is 1. The molecule has 0 aliphatic carbocycles. The number of halogens is 1. The molecule has 7 heteroatoms. The van der Waals surface area contributed by atoms with E-state index in [1.165, 1.54) is 0 Å². The van der Waals surface area contributed by atoms with Gasteiger partial charge in [-0.3, -0.25) is 4.90 Å². The Morgan fingerprint density at radius 2 is 1.81 bits per heavy atom. The Labute approximate surface area is 175 Å². The number of benzene rings is 1. The van der Waals surface area contributed by atoms with E-state index in [2.05, 4.69) is 48.2 Å². The highest BCUT2D eigenvalue weighted by atomic mass is 127. The second-order valence-electron chi connectivity index (χ2n) is 6.03. The fourth-order valence-electron chi connectivity index (χ4n) is 2.59. The lowest BCUT2D eigenvalue weighted by atomic mass is 10.2. The quantitative estimate of drug-likeness (QED) is 0.308. The van der Waals surface area contributed by atoms with E-state index in [-0.39, 0.29) is 24.0 Å². The molecule has 0 heterocycles. The number of rotatable bonds is 10. The van der Waals surface area contributed by atoms with Gasteiger partial charge in [0, 0.05) is 25.7 Å². The van der Waals surface area contributed by atoms with E-state index in [1.807, 2.05) is 18.2 Å². The van der Waals surface area contributed by atoms with Crippen LogP contribution in [0.25, 0.3) is 0 Å². The molecule has 0 radical (unpaired) electrons. The van der Waals surface area contributed by atoms with Crippen LogP contribution in [0.15, 0.2) is 23.2 Å². The maximum absolute atomic E-state index is 5.35. The van der Waals surface area contributed by atoms with Crippen molar-refractivity contribution in [3.05, 3.63) is 23.8 Å². The Morgan fingerprint density at radius 1 is 1.12 bits per heavy atom. The van der Waals surface area contributed by atoms with E-state index in [0.717, 1.165) is 49.2 Å². The van der Waals surface area contributed by atoms with Gasteiger partial charge in [-0.15, -0.1) is 24.0 Å². The second-order valence-corrected chi connectivity index (χ2v) is 6.03. The number of nitrogens with zero attached hydrogens (tertiary/aromatic N) is 2. The maximum atomic E-state index is 5.35. The zero-order valence-corrected chi connectivity index (χ0v) is 19.3. The van der Waals surface area contributed by atoms with Crippen LogP contribution in [0, 0.1) is 0 Å². The molecule has 150 valence electrons. The highest BCUT2D eigenvalue weighted by Gasteiger charge is 2.07. The number of methoxy groups -OCH3 is 2. The van der Waals surface area contributed by atoms with Crippen molar-refractivity contribution in [2.45, 2.75) is 40.3 Å². The first-order chi connectivity index (χ1) is 12.0. The summed E-state index contributed by atoms with van der Waals surface area (Å²) in [6.07, 6.45) is 0. The topological polar surface area (TPSA) is 58.1 Å². The average Bonchev–Trinajstić information content (AvgIpc) is 2.62. The molecular formula is C19H35IN4O2. The zero-order chi connectivity index (χ0) is 18.7. The van der Waals surface area contributed by atoms with Crippen LogP contribution < -0.4 is 20.1 Å². The molecule has 0 spiro atoms. The molecule has 1 rings (SSSR count). The Bertz CT molecular complexity index is 538. The smallest absolute Gasteiger partial charge is 0.191 e. The molecule has 0 aliphatic rings. The SMILES string of the molecule is CCNC(=NCc1ccc(OC)c(OC)c1)NCCN(CC)C(C)C.I. The van der Waals surface area contributed by atoms with Crippen molar-refractivity contribution in [3.8, 4) is 11.5 Å². The average molecular weight is 478 g/mol. The molecule has 6 nitrogen and oxygen atoms in total.